The molecule has 0 bridgehead atoms. The number of carboxylic acids is 2. The van der Waals surface area contributed by atoms with Crippen LogP contribution in [0.5, 0.6) is 0 Å². The average molecular weight is 389 g/mol. The summed E-state index contributed by atoms with van der Waals surface area (Å²) in [5.74, 6) is -2.12. The summed E-state index contributed by atoms with van der Waals surface area (Å²) in [6.07, 6.45) is 4.88. The molecule has 140 valence electrons. The van der Waals surface area contributed by atoms with Gasteiger partial charge in [-0.3, -0.25) is 9.88 Å². The molecule has 0 radical (unpaired) electrons. The molecule has 3 aromatic rings. The lowest BCUT2D eigenvalue weighted by molar-refractivity contribution is -0.159. The summed E-state index contributed by atoms with van der Waals surface area (Å²) in [5, 5.41) is 20.9. The lowest BCUT2D eigenvalue weighted by atomic mass is 10.0. The SMILES string of the molecule is O=C(O)C(=O)O.c1csc(CN2CC(c3nc(-c4cnccn4)no3)C2)c1. The Kier molecular flexibility index (Phi) is 5.84. The highest BCUT2D eigenvalue weighted by Gasteiger charge is 2.32. The van der Waals surface area contributed by atoms with Gasteiger partial charge < -0.3 is 14.7 Å². The smallest absolute Gasteiger partial charge is 0.414 e. The predicted molar refractivity (Wildman–Crippen MR) is 92.9 cm³/mol. The zero-order chi connectivity index (χ0) is 19.2. The fourth-order valence-corrected chi connectivity index (χ4v) is 3.14. The highest BCUT2D eigenvalue weighted by molar-refractivity contribution is 7.09. The van der Waals surface area contributed by atoms with Gasteiger partial charge in [-0.1, -0.05) is 11.2 Å². The molecule has 4 heterocycles. The van der Waals surface area contributed by atoms with Crippen molar-refractivity contribution in [1.29, 1.82) is 0 Å². The number of carbonyl (C=O) groups is 2. The van der Waals surface area contributed by atoms with Gasteiger partial charge in [-0.15, -0.1) is 11.3 Å². The van der Waals surface area contributed by atoms with E-state index in [4.69, 9.17) is 24.3 Å². The maximum absolute atomic E-state index is 9.10. The Labute approximate surface area is 157 Å². The number of aromatic nitrogens is 4. The molecule has 27 heavy (non-hydrogen) atoms. The van der Waals surface area contributed by atoms with Crippen molar-refractivity contribution in [1.82, 2.24) is 25.0 Å². The molecule has 11 heteroatoms. The van der Waals surface area contributed by atoms with Crippen LogP contribution in [0.2, 0.25) is 0 Å². The maximum atomic E-state index is 9.10. The number of rotatable bonds is 4. The maximum Gasteiger partial charge on any atom is 0.414 e. The molecule has 0 unspecified atom stereocenters. The standard InChI is InChI=1S/C14H13N5OS.C2H2O4/c1-2-11(21-5-1)9-19-7-10(8-19)14-17-13(18-20-14)12-6-15-3-4-16-12;3-1(4)2(5)6/h1-6,10H,7-9H2;(H,3,4)(H,5,6). The minimum absolute atomic E-state index is 0.322. The Morgan fingerprint density at radius 2 is 2.04 bits per heavy atom. The average Bonchev–Trinajstić information content (AvgIpc) is 3.31. The van der Waals surface area contributed by atoms with Crippen molar-refractivity contribution in [2.75, 3.05) is 13.1 Å². The molecule has 0 atom stereocenters. The summed E-state index contributed by atoms with van der Waals surface area (Å²) in [5.41, 5.74) is 0.641. The van der Waals surface area contributed by atoms with Crippen LogP contribution in [-0.2, 0) is 16.1 Å². The second-order valence-corrected chi connectivity index (χ2v) is 6.66. The number of hydrogen-bond acceptors (Lipinski definition) is 9. The quantitative estimate of drug-likeness (QED) is 0.627. The topological polar surface area (TPSA) is 143 Å². The van der Waals surface area contributed by atoms with Gasteiger partial charge >= 0.3 is 11.9 Å². The van der Waals surface area contributed by atoms with Gasteiger partial charge in [-0.05, 0) is 11.4 Å². The molecule has 3 aromatic heterocycles. The van der Waals surface area contributed by atoms with E-state index in [1.807, 2.05) is 0 Å². The molecule has 0 aliphatic carbocycles. The van der Waals surface area contributed by atoms with E-state index in [9.17, 15) is 0 Å². The van der Waals surface area contributed by atoms with Crippen LogP contribution in [0.3, 0.4) is 0 Å². The van der Waals surface area contributed by atoms with Crippen LogP contribution in [0.1, 0.15) is 16.7 Å². The first kappa shape index (κ1) is 18.6. The van der Waals surface area contributed by atoms with E-state index < -0.39 is 11.9 Å². The van der Waals surface area contributed by atoms with E-state index in [-0.39, 0.29) is 0 Å². The van der Waals surface area contributed by atoms with Gasteiger partial charge in [-0.25, -0.2) is 14.6 Å². The molecule has 4 rings (SSSR count). The molecule has 10 nitrogen and oxygen atoms in total. The number of thiophene rings is 1. The lowest BCUT2D eigenvalue weighted by Gasteiger charge is -2.36. The van der Waals surface area contributed by atoms with E-state index in [1.54, 1.807) is 29.9 Å². The largest absolute Gasteiger partial charge is 0.473 e. The zero-order valence-corrected chi connectivity index (χ0v) is 14.7. The van der Waals surface area contributed by atoms with Crippen molar-refractivity contribution in [2.24, 2.45) is 0 Å². The summed E-state index contributed by atoms with van der Waals surface area (Å²) in [6.45, 7) is 2.92. The minimum Gasteiger partial charge on any atom is -0.473 e. The Morgan fingerprint density at radius 1 is 1.26 bits per heavy atom. The summed E-state index contributed by atoms with van der Waals surface area (Å²) in [7, 11) is 0. The number of likely N-dealkylation sites (tertiary alicyclic amines) is 1. The second kappa shape index (κ2) is 8.47. The van der Waals surface area contributed by atoms with Crippen LogP contribution in [0.15, 0.2) is 40.6 Å². The highest BCUT2D eigenvalue weighted by atomic mass is 32.1. The summed E-state index contributed by atoms with van der Waals surface area (Å²) in [6, 6.07) is 4.25. The van der Waals surface area contributed by atoms with Crippen molar-refractivity contribution >= 4 is 23.3 Å². The molecule has 0 saturated carbocycles. The van der Waals surface area contributed by atoms with Crippen LogP contribution in [0.4, 0.5) is 0 Å². The first-order valence-electron chi connectivity index (χ1n) is 7.84. The van der Waals surface area contributed by atoms with Gasteiger partial charge in [0.25, 0.3) is 0 Å². The molecule has 1 fully saturated rings. The molecular weight excluding hydrogens is 374 g/mol. The summed E-state index contributed by atoms with van der Waals surface area (Å²) >= 11 is 1.79. The minimum atomic E-state index is -1.82. The van der Waals surface area contributed by atoms with Gasteiger partial charge in [0.1, 0.15) is 5.69 Å². The van der Waals surface area contributed by atoms with E-state index in [1.165, 1.54) is 4.88 Å². The lowest BCUT2D eigenvalue weighted by Crippen LogP contribution is -2.44. The van der Waals surface area contributed by atoms with Crippen LogP contribution >= 0.6 is 11.3 Å². The number of hydrogen-bond donors (Lipinski definition) is 2. The number of carboxylic acid groups (broad SMARTS) is 2. The summed E-state index contributed by atoms with van der Waals surface area (Å²) in [4.78, 5) is 34.6. The van der Waals surface area contributed by atoms with Gasteiger partial charge in [0.2, 0.25) is 11.7 Å². The second-order valence-electron chi connectivity index (χ2n) is 5.63. The van der Waals surface area contributed by atoms with Crippen molar-refractivity contribution in [3.05, 3.63) is 46.9 Å². The third kappa shape index (κ3) is 4.92. The fourth-order valence-electron chi connectivity index (χ4n) is 2.40. The molecule has 1 saturated heterocycles. The monoisotopic (exact) mass is 389 g/mol. The third-order valence-corrected chi connectivity index (χ3v) is 4.54. The Hall–Kier alpha value is -3.18. The van der Waals surface area contributed by atoms with Crippen LogP contribution in [0.25, 0.3) is 11.5 Å². The van der Waals surface area contributed by atoms with Crippen LogP contribution < -0.4 is 0 Å². The molecule has 2 N–H and O–H groups in total. The van der Waals surface area contributed by atoms with E-state index in [0.717, 1.165) is 19.6 Å². The molecule has 0 aromatic carbocycles. The first-order valence-corrected chi connectivity index (χ1v) is 8.72. The van der Waals surface area contributed by atoms with Crippen molar-refractivity contribution in [3.8, 4) is 11.5 Å². The molecule has 1 aliphatic rings. The van der Waals surface area contributed by atoms with Gasteiger partial charge in [0.05, 0.1) is 12.1 Å². The number of nitrogens with zero attached hydrogens (tertiary/aromatic N) is 5. The summed E-state index contributed by atoms with van der Waals surface area (Å²) < 4.78 is 5.35. The molecule has 0 amide bonds. The Balaban J connectivity index is 0.000000307. The van der Waals surface area contributed by atoms with E-state index in [2.05, 4.69) is 42.5 Å². The van der Waals surface area contributed by atoms with Gasteiger partial charge in [0, 0.05) is 36.9 Å². The fraction of sp³-hybridized carbons (Fsp3) is 0.250. The van der Waals surface area contributed by atoms with Crippen molar-refractivity contribution in [2.45, 2.75) is 12.5 Å². The molecule has 1 aliphatic heterocycles. The third-order valence-electron chi connectivity index (χ3n) is 3.68. The highest BCUT2D eigenvalue weighted by Crippen LogP contribution is 2.29. The number of aliphatic carboxylic acids is 2. The van der Waals surface area contributed by atoms with Crippen LogP contribution in [0, 0.1) is 0 Å². The van der Waals surface area contributed by atoms with Crippen molar-refractivity contribution in [3.63, 3.8) is 0 Å². The Bertz CT molecular complexity index is 881. The van der Waals surface area contributed by atoms with E-state index >= 15 is 0 Å². The predicted octanol–water partition coefficient (Wildman–Crippen LogP) is 1.34. The first-order chi connectivity index (χ1) is 13.0. The van der Waals surface area contributed by atoms with E-state index in [0.29, 0.717) is 23.3 Å². The Morgan fingerprint density at radius 3 is 2.63 bits per heavy atom. The molecule has 0 spiro atoms. The normalized spacial score (nSPS) is 14.1. The van der Waals surface area contributed by atoms with Gasteiger partial charge in [0.15, 0.2) is 0 Å². The molecular formula is C16H15N5O5S. The van der Waals surface area contributed by atoms with Gasteiger partial charge in [-0.2, -0.15) is 4.98 Å². The van der Waals surface area contributed by atoms with Crippen LogP contribution in [-0.4, -0.2) is 60.2 Å². The van der Waals surface area contributed by atoms with Crippen molar-refractivity contribution < 1.29 is 24.3 Å². The zero-order valence-electron chi connectivity index (χ0n) is 13.9.